The molecule has 0 radical (unpaired) electrons. The second-order valence-electron chi connectivity index (χ2n) is 4.93. The molecule has 1 unspecified atom stereocenters. The van der Waals surface area contributed by atoms with E-state index >= 15 is 0 Å². The monoisotopic (exact) mass is 326 g/mol. The maximum atomic E-state index is 12.3. The minimum absolute atomic E-state index is 0. The number of nitrogens with two attached hydrogens (primary N) is 1. The highest BCUT2D eigenvalue weighted by atomic mass is 35.5. The summed E-state index contributed by atoms with van der Waals surface area (Å²) in [5.74, 6) is -0.0706. The molecule has 0 saturated carbocycles. The maximum Gasteiger partial charge on any atom is 0.274 e. The molecule has 1 aliphatic heterocycles. The smallest absolute Gasteiger partial charge is 0.274 e. The van der Waals surface area contributed by atoms with Crippen LogP contribution in [0, 0.1) is 0 Å². The Bertz CT molecular complexity index is 643. The van der Waals surface area contributed by atoms with Gasteiger partial charge in [-0.25, -0.2) is 4.68 Å². The Hall–Kier alpha value is -1.56. The third kappa shape index (κ3) is 3.37. The molecule has 1 saturated heterocycles. The van der Waals surface area contributed by atoms with Crippen molar-refractivity contribution in [2.24, 2.45) is 5.73 Å². The molecule has 1 aromatic carbocycles. The van der Waals surface area contributed by atoms with Gasteiger partial charge in [0, 0.05) is 30.4 Å². The van der Waals surface area contributed by atoms with Crippen LogP contribution in [-0.4, -0.2) is 39.7 Å². The molecule has 1 aromatic heterocycles. The molecule has 5 nitrogen and oxygen atoms in total. The largest absolute Gasteiger partial charge is 0.336 e. The zero-order valence-corrected chi connectivity index (χ0v) is 12.8. The van der Waals surface area contributed by atoms with Crippen LogP contribution in [0.3, 0.4) is 0 Å². The maximum absolute atomic E-state index is 12.3. The van der Waals surface area contributed by atoms with E-state index in [1.807, 2.05) is 12.1 Å². The lowest BCUT2D eigenvalue weighted by Gasteiger charge is -2.13. The van der Waals surface area contributed by atoms with Crippen LogP contribution in [0.5, 0.6) is 0 Å². The van der Waals surface area contributed by atoms with Gasteiger partial charge in [0.05, 0.1) is 5.69 Å². The van der Waals surface area contributed by atoms with Crippen molar-refractivity contribution in [1.29, 1.82) is 0 Å². The molecular weight excluding hydrogens is 311 g/mol. The quantitative estimate of drug-likeness (QED) is 0.919. The molecule has 0 bridgehead atoms. The average Bonchev–Trinajstić information content (AvgIpc) is 3.07. The fraction of sp³-hybridized carbons (Fsp3) is 0.286. The van der Waals surface area contributed by atoms with E-state index in [1.54, 1.807) is 34.0 Å². The van der Waals surface area contributed by atoms with Crippen molar-refractivity contribution in [3.8, 4) is 5.69 Å². The van der Waals surface area contributed by atoms with Crippen molar-refractivity contribution in [2.75, 3.05) is 13.1 Å². The van der Waals surface area contributed by atoms with Crippen LogP contribution in [0.15, 0.2) is 36.5 Å². The average molecular weight is 327 g/mol. The summed E-state index contributed by atoms with van der Waals surface area (Å²) in [6.07, 6.45) is 2.61. The van der Waals surface area contributed by atoms with Gasteiger partial charge in [-0.3, -0.25) is 4.79 Å². The lowest BCUT2D eigenvalue weighted by atomic mass is 10.3. The highest BCUT2D eigenvalue weighted by molar-refractivity contribution is 6.30. The number of halogens is 2. The van der Waals surface area contributed by atoms with Gasteiger partial charge in [0.25, 0.3) is 5.91 Å². The van der Waals surface area contributed by atoms with Crippen molar-refractivity contribution in [1.82, 2.24) is 14.7 Å². The number of carbonyl (C=O) groups excluding carboxylic acids is 1. The number of carbonyl (C=O) groups is 1. The molecule has 112 valence electrons. The van der Waals surface area contributed by atoms with E-state index in [9.17, 15) is 4.79 Å². The molecule has 3 rings (SSSR count). The first kappa shape index (κ1) is 15.8. The van der Waals surface area contributed by atoms with Crippen LogP contribution >= 0.6 is 24.0 Å². The van der Waals surface area contributed by atoms with Gasteiger partial charge in [-0.05, 0) is 30.7 Å². The van der Waals surface area contributed by atoms with Gasteiger partial charge in [0.2, 0.25) is 0 Å². The molecule has 2 heterocycles. The van der Waals surface area contributed by atoms with Crippen LogP contribution < -0.4 is 5.73 Å². The molecule has 1 aliphatic rings. The molecule has 1 atom stereocenters. The van der Waals surface area contributed by atoms with Gasteiger partial charge in [-0.1, -0.05) is 17.7 Å². The number of benzene rings is 1. The van der Waals surface area contributed by atoms with E-state index in [0.717, 1.165) is 12.1 Å². The number of hydrogen-bond acceptors (Lipinski definition) is 3. The molecular formula is C14H16Cl2N4O. The van der Waals surface area contributed by atoms with Crippen LogP contribution in [0.25, 0.3) is 5.69 Å². The number of likely N-dealkylation sites (tertiary alicyclic amines) is 1. The van der Waals surface area contributed by atoms with E-state index < -0.39 is 0 Å². The summed E-state index contributed by atoms with van der Waals surface area (Å²) in [6.45, 7) is 1.30. The number of amides is 1. The second kappa shape index (κ2) is 6.47. The molecule has 2 aromatic rings. The van der Waals surface area contributed by atoms with Crippen molar-refractivity contribution in [3.63, 3.8) is 0 Å². The van der Waals surface area contributed by atoms with E-state index in [0.29, 0.717) is 23.8 Å². The molecule has 1 fully saturated rings. The van der Waals surface area contributed by atoms with Crippen molar-refractivity contribution in [3.05, 3.63) is 47.2 Å². The van der Waals surface area contributed by atoms with Gasteiger partial charge in [0.1, 0.15) is 0 Å². The molecule has 0 aliphatic carbocycles. The topological polar surface area (TPSA) is 64.2 Å². The predicted molar refractivity (Wildman–Crippen MR) is 84.3 cm³/mol. The summed E-state index contributed by atoms with van der Waals surface area (Å²) in [6, 6.07) is 9.13. The van der Waals surface area contributed by atoms with Gasteiger partial charge >= 0.3 is 0 Å². The number of rotatable bonds is 2. The highest BCUT2D eigenvalue weighted by Gasteiger charge is 2.25. The first-order valence-corrected chi connectivity index (χ1v) is 6.88. The third-order valence-corrected chi connectivity index (χ3v) is 3.63. The Morgan fingerprint density at radius 1 is 1.38 bits per heavy atom. The number of hydrogen-bond donors (Lipinski definition) is 1. The van der Waals surface area contributed by atoms with Gasteiger partial charge in [-0.2, -0.15) is 5.10 Å². The fourth-order valence-corrected chi connectivity index (χ4v) is 2.52. The number of aromatic nitrogens is 2. The summed E-state index contributed by atoms with van der Waals surface area (Å²) in [4.78, 5) is 14.0. The van der Waals surface area contributed by atoms with Crippen LogP contribution in [0.4, 0.5) is 0 Å². The molecule has 0 spiro atoms. The minimum atomic E-state index is -0.0706. The lowest BCUT2D eigenvalue weighted by Crippen LogP contribution is -2.32. The predicted octanol–water partition coefficient (Wildman–Crippen LogP) is 2.12. The molecule has 21 heavy (non-hydrogen) atoms. The standard InChI is InChI=1S/C14H15ClN4O.ClH/c15-10-2-1-3-12(8-10)19-7-5-13(17-19)14(20)18-6-4-11(16)9-18;/h1-3,5,7-8,11H,4,6,9,16H2;1H. The minimum Gasteiger partial charge on any atom is -0.336 e. The van der Waals surface area contributed by atoms with E-state index in [2.05, 4.69) is 5.10 Å². The van der Waals surface area contributed by atoms with Crippen LogP contribution in [-0.2, 0) is 0 Å². The zero-order chi connectivity index (χ0) is 14.1. The first-order chi connectivity index (χ1) is 9.63. The van der Waals surface area contributed by atoms with Gasteiger partial charge in [-0.15, -0.1) is 12.4 Å². The summed E-state index contributed by atoms with van der Waals surface area (Å²) < 4.78 is 1.65. The van der Waals surface area contributed by atoms with Crippen LogP contribution in [0.1, 0.15) is 16.9 Å². The summed E-state index contributed by atoms with van der Waals surface area (Å²) in [7, 11) is 0. The summed E-state index contributed by atoms with van der Waals surface area (Å²) >= 11 is 5.95. The van der Waals surface area contributed by atoms with Crippen molar-refractivity contribution < 1.29 is 4.79 Å². The number of nitrogens with zero attached hydrogens (tertiary/aromatic N) is 3. The highest BCUT2D eigenvalue weighted by Crippen LogP contribution is 2.16. The van der Waals surface area contributed by atoms with E-state index in [-0.39, 0.29) is 24.4 Å². The Balaban J connectivity index is 0.00000161. The summed E-state index contributed by atoms with van der Waals surface area (Å²) in [5.41, 5.74) is 7.08. The van der Waals surface area contributed by atoms with E-state index in [4.69, 9.17) is 17.3 Å². The lowest BCUT2D eigenvalue weighted by molar-refractivity contribution is 0.0784. The first-order valence-electron chi connectivity index (χ1n) is 6.50. The Morgan fingerprint density at radius 3 is 2.86 bits per heavy atom. The Kier molecular flexibility index (Phi) is 4.88. The molecule has 1 amide bonds. The normalized spacial score (nSPS) is 17.6. The summed E-state index contributed by atoms with van der Waals surface area (Å²) in [5, 5.41) is 4.95. The fourth-order valence-electron chi connectivity index (χ4n) is 2.33. The van der Waals surface area contributed by atoms with Crippen LogP contribution in [0.2, 0.25) is 5.02 Å². The zero-order valence-electron chi connectivity index (χ0n) is 11.3. The molecule has 2 N–H and O–H groups in total. The Morgan fingerprint density at radius 2 is 2.19 bits per heavy atom. The molecule has 7 heteroatoms. The SMILES string of the molecule is Cl.NC1CCN(C(=O)c2ccn(-c3cccc(Cl)c3)n2)C1. The van der Waals surface area contributed by atoms with E-state index in [1.165, 1.54) is 0 Å². The second-order valence-corrected chi connectivity index (χ2v) is 5.36. The van der Waals surface area contributed by atoms with Crippen molar-refractivity contribution in [2.45, 2.75) is 12.5 Å². The van der Waals surface area contributed by atoms with Gasteiger partial charge < -0.3 is 10.6 Å². The Labute approximate surface area is 134 Å². The third-order valence-electron chi connectivity index (χ3n) is 3.39. The van der Waals surface area contributed by atoms with Gasteiger partial charge in [0.15, 0.2) is 5.69 Å². The van der Waals surface area contributed by atoms with Crippen molar-refractivity contribution >= 4 is 29.9 Å².